The normalized spacial score (nSPS) is 49.2. The molecule has 0 saturated carbocycles. The van der Waals surface area contributed by atoms with E-state index in [-0.39, 0.29) is 18.6 Å². The number of aliphatic hydroxyl groups is 2. The van der Waals surface area contributed by atoms with Crippen LogP contribution in [0.15, 0.2) is 0 Å². The second-order valence-electron chi connectivity index (χ2n) is 3.77. The maximum absolute atomic E-state index is 9.64. The Balaban J connectivity index is 2.63. The van der Waals surface area contributed by atoms with E-state index < -0.39 is 12.2 Å². The number of hydrogen-bond acceptors (Lipinski definition) is 3. The van der Waals surface area contributed by atoms with Crippen LogP contribution in [0.1, 0.15) is 20.8 Å². The van der Waals surface area contributed by atoms with Gasteiger partial charge in [0.15, 0.2) is 0 Å². The fourth-order valence-corrected chi connectivity index (χ4v) is 1.71. The molecule has 1 fully saturated rings. The predicted molar refractivity (Wildman–Crippen MR) is 45.8 cm³/mol. The SMILES string of the molecule is CC1[C@H](C)OC(CO)[C@@H](O)[C@@H]1C. The lowest BCUT2D eigenvalue weighted by Gasteiger charge is -2.40. The van der Waals surface area contributed by atoms with Crippen molar-refractivity contribution in [1.82, 2.24) is 0 Å². The van der Waals surface area contributed by atoms with Crippen molar-refractivity contribution in [1.29, 1.82) is 0 Å². The van der Waals surface area contributed by atoms with Gasteiger partial charge in [-0.25, -0.2) is 0 Å². The minimum absolute atomic E-state index is 0.0947. The Morgan fingerprint density at radius 1 is 1.17 bits per heavy atom. The molecule has 0 amide bonds. The number of rotatable bonds is 1. The maximum atomic E-state index is 9.64. The Bertz CT molecular complexity index is 144. The van der Waals surface area contributed by atoms with E-state index in [1.807, 2.05) is 13.8 Å². The summed E-state index contributed by atoms with van der Waals surface area (Å²) in [4.78, 5) is 0. The molecular formula is C9H18O3. The van der Waals surface area contributed by atoms with Gasteiger partial charge in [0.05, 0.1) is 18.8 Å². The maximum Gasteiger partial charge on any atom is 0.107 e. The Morgan fingerprint density at radius 2 is 1.75 bits per heavy atom. The Morgan fingerprint density at radius 3 is 2.25 bits per heavy atom. The van der Waals surface area contributed by atoms with Gasteiger partial charge in [-0.1, -0.05) is 13.8 Å². The molecule has 0 radical (unpaired) electrons. The third-order valence-electron chi connectivity index (χ3n) is 3.06. The minimum atomic E-state index is -0.527. The number of aliphatic hydroxyl groups excluding tert-OH is 2. The van der Waals surface area contributed by atoms with Gasteiger partial charge in [-0.3, -0.25) is 0 Å². The summed E-state index contributed by atoms with van der Waals surface area (Å²) < 4.78 is 5.43. The van der Waals surface area contributed by atoms with Crippen LogP contribution in [0.4, 0.5) is 0 Å². The van der Waals surface area contributed by atoms with E-state index in [1.165, 1.54) is 0 Å². The zero-order chi connectivity index (χ0) is 9.30. The molecule has 5 atom stereocenters. The number of hydrogen-bond donors (Lipinski definition) is 2. The van der Waals surface area contributed by atoms with Gasteiger partial charge in [0, 0.05) is 0 Å². The molecule has 3 nitrogen and oxygen atoms in total. The molecule has 2 unspecified atom stereocenters. The standard InChI is InChI=1S/C9H18O3/c1-5-6(2)9(11)8(4-10)12-7(5)3/h5-11H,4H2,1-3H3/t5?,6-,7+,8?,9+/m1/s1. The zero-order valence-electron chi connectivity index (χ0n) is 7.90. The first-order valence-electron chi connectivity index (χ1n) is 4.52. The summed E-state index contributed by atoms with van der Waals surface area (Å²) in [7, 11) is 0. The summed E-state index contributed by atoms with van der Waals surface area (Å²) in [6.07, 6.45) is -0.798. The molecule has 72 valence electrons. The third kappa shape index (κ3) is 1.63. The monoisotopic (exact) mass is 174 g/mol. The van der Waals surface area contributed by atoms with E-state index in [0.717, 1.165) is 0 Å². The molecule has 2 N–H and O–H groups in total. The van der Waals surface area contributed by atoms with Crippen molar-refractivity contribution in [2.75, 3.05) is 6.61 Å². The fraction of sp³-hybridized carbons (Fsp3) is 1.00. The summed E-state index contributed by atoms with van der Waals surface area (Å²) in [5, 5.41) is 18.5. The topological polar surface area (TPSA) is 49.7 Å². The zero-order valence-corrected chi connectivity index (χ0v) is 7.90. The van der Waals surface area contributed by atoms with Crippen molar-refractivity contribution in [2.24, 2.45) is 11.8 Å². The first-order valence-corrected chi connectivity index (χ1v) is 4.52. The van der Waals surface area contributed by atoms with Crippen molar-refractivity contribution < 1.29 is 14.9 Å². The van der Waals surface area contributed by atoms with Crippen LogP contribution in [-0.2, 0) is 4.74 Å². The molecule has 3 heteroatoms. The molecule has 0 aliphatic carbocycles. The molecule has 1 heterocycles. The molecule has 0 spiro atoms. The highest BCUT2D eigenvalue weighted by atomic mass is 16.5. The van der Waals surface area contributed by atoms with Crippen molar-refractivity contribution in [3.05, 3.63) is 0 Å². The van der Waals surface area contributed by atoms with E-state index in [1.54, 1.807) is 0 Å². The third-order valence-corrected chi connectivity index (χ3v) is 3.06. The molecule has 1 aliphatic heterocycles. The van der Waals surface area contributed by atoms with Crippen molar-refractivity contribution in [3.63, 3.8) is 0 Å². The van der Waals surface area contributed by atoms with Crippen molar-refractivity contribution in [3.8, 4) is 0 Å². The lowest BCUT2D eigenvalue weighted by molar-refractivity contribution is -0.174. The second kappa shape index (κ2) is 3.73. The van der Waals surface area contributed by atoms with Crippen molar-refractivity contribution in [2.45, 2.75) is 39.1 Å². The summed E-state index contributed by atoms with van der Waals surface area (Å²) in [6, 6.07) is 0. The van der Waals surface area contributed by atoms with Gasteiger partial charge in [0.25, 0.3) is 0 Å². The van der Waals surface area contributed by atoms with Gasteiger partial charge in [-0.2, -0.15) is 0 Å². The molecule has 0 aromatic rings. The van der Waals surface area contributed by atoms with Gasteiger partial charge >= 0.3 is 0 Å². The van der Waals surface area contributed by atoms with Crippen LogP contribution < -0.4 is 0 Å². The quantitative estimate of drug-likeness (QED) is 0.605. The Kier molecular flexibility index (Phi) is 3.09. The first-order chi connectivity index (χ1) is 5.57. The molecule has 12 heavy (non-hydrogen) atoms. The average Bonchev–Trinajstić information content (AvgIpc) is 2.08. The largest absolute Gasteiger partial charge is 0.394 e. The van der Waals surface area contributed by atoms with Crippen LogP contribution in [0.25, 0.3) is 0 Å². The molecular weight excluding hydrogens is 156 g/mol. The Hall–Kier alpha value is -0.120. The second-order valence-corrected chi connectivity index (χ2v) is 3.77. The highest BCUT2D eigenvalue weighted by molar-refractivity contribution is 4.85. The summed E-state index contributed by atoms with van der Waals surface area (Å²) in [5.41, 5.74) is 0. The van der Waals surface area contributed by atoms with Gasteiger partial charge in [-0.05, 0) is 18.8 Å². The van der Waals surface area contributed by atoms with E-state index in [2.05, 4.69) is 6.92 Å². The van der Waals surface area contributed by atoms with Gasteiger partial charge < -0.3 is 14.9 Å². The van der Waals surface area contributed by atoms with Gasteiger partial charge in [-0.15, -0.1) is 0 Å². The molecule has 1 rings (SSSR count). The highest BCUT2D eigenvalue weighted by Gasteiger charge is 2.37. The van der Waals surface area contributed by atoms with Gasteiger partial charge in [0.2, 0.25) is 0 Å². The van der Waals surface area contributed by atoms with Crippen LogP contribution in [0.2, 0.25) is 0 Å². The van der Waals surface area contributed by atoms with E-state index in [9.17, 15) is 5.11 Å². The molecule has 0 aromatic heterocycles. The molecule has 0 aromatic carbocycles. The van der Waals surface area contributed by atoms with E-state index in [0.29, 0.717) is 5.92 Å². The molecule has 1 aliphatic rings. The van der Waals surface area contributed by atoms with E-state index >= 15 is 0 Å². The van der Waals surface area contributed by atoms with Gasteiger partial charge in [0.1, 0.15) is 6.10 Å². The van der Waals surface area contributed by atoms with Crippen LogP contribution >= 0.6 is 0 Å². The summed E-state index contributed by atoms with van der Waals surface area (Å²) >= 11 is 0. The molecule has 0 bridgehead atoms. The van der Waals surface area contributed by atoms with Crippen LogP contribution in [0.5, 0.6) is 0 Å². The number of ether oxygens (including phenoxy) is 1. The van der Waals surface area contributed by atoms with Crippen LogP contribution in [0.3, 0.4) is 0 Å². The fourth-order valence-electron chi connectivity index (χ4n) is 1.71. The van der Waals surface area contributed by atoms with Crippen LogP contribution in [-0.4, -0.2) is 35.1 Å². The summed E-state index contributed by atoms with van der Waals surface area (Å²) in [6.45, 7) is 5.95. The van der Waals surface area contributed by atoms with Crippen molar-refractivity contribution >= 4 is 0 Å². The summed E-state index contributed by atoms with van der Waals surface area (Å²) in [5.74, 6) is 0.550. The smallest absolute Gasteiger partial charge is 0.107 e. The van der Waals surface area contributed by atoms with Crippen LogP contribution in [0, 0.1) is 11.8 Å². The molecule has 1 saturated heterocycles. The lowest BCUT2D eigenvalue weighted by atomic mass is 9.82. The first kappa shape index (κ1) is 9.96. The average molecular weight is 174 g/mol. The minimum Gasteiger partial charge on any atom is -0.394 e. The van der Waals surface area contributed by atoms with E-state index in [4.69, 9.17) is 9.84 Å². The predicted octanol–water partition coefficient (Wildman–Crippen LogP) is 0.399. The highest BCUT2D eigenvalue weighted by Crippen LogP contribution is 2.29. The Labute approximate surface area is 73.4 Å². The lowest BCUT2D eigenvalue weighted by Crippen LogP contribution is -2.49.